The lowest BCUT2D eigenvalue weighted by atomic mass is 9.89. The predicted molar refractivity (Wildman–Crippen MR) is 104 cm³/mol. The van der Waals surface area contributed by atoms with Gasteiger partial charge in [0.05, 0.1) is 17.9 Å². The Hall–Kier alpha value is -1.51. The van der Waals surface area contributed by atoms with E-state index in [1.54, 1.807) is 18.0 Å². The van der Waals surface area contributed by atoms with Crippen molar-refractivity contribution in [1.29, 1.82) is 0 Å². The molecule has 0 aromatic heterocycles. The number of piperidine rings is 1. The third-order valence-electron chi connectivity index (χ3n) is 6.03. The normalized spacial score (nSPS) is 24.8. The maximum absolute atomic E-state index is 13.8. The summed E-state index contributed by atoms with van der Waals surface area (Å²) in [6, 6.07) is 5.74. The quantitative estimate of drug-likeness (QED) is 0.804. The van der Waals surface area contributed by atoms with E-state index in [2.05, 4.69) is 0 Å². The first-order valence-corrected chi connectivity index (χ1v) is 11.6. The molecule has 1 aromatic carbocycles. The number of carbonyl (C=O) groups is 1. The van der Waals surface area contributed by atoms with Crippen LogP contribution in [0.5, 0.6) is 0 Å². The Balaban J connectivity index is 1.57. The van der Waals surface area contributed by atoms with Crippen molar-refractivity contribution in [1.82, 2.24) is 9.21 Å². The molecule has 0 unspecified atom stereocenters. The van der Waals surface area contributed by atoms with Crippen LogP contribution in [0.3, 0.4) is 0 Å². The van der Waals surface area contributed by atoms with Crippen LogP contribution in [0.4, 0.5) is 4.39 Å². The number of hydrogen-bond donors (Lipinski definition) is 1. The van der Waals surface area contributed by atoms with Crippen LogP contribution < -0.4 is 0 Å². The zero-order chi connectivity index (χ0) is 20.3. The summed E-state index contributed by atoms with van der Waals surface area (Å²) in [7, 11) is -1.89. The molecule has 1 aliphatic carbocycles. The minimum atomic E-state index is -3.63. The number of aliphatic hydroxyl groups is 1. The van der Waals surface area contributed by atoms with Crippen molar-refractivity contribution < 1.29 is 22.7 Å². The molecule has 0 spiro atoms. The van der Waals surface area contributed by atoms with E-state index < -0.39 is 21.9 Å². The molecule has 3 rings (SSSR count). The molecule has 1 amide bonds. The van der Waals surface area contributed by atoms with Crippen LogP contribution in [-0.4, -0.2) is 60.9 Å². The van der Waals surface area contributed by atoms with Gasteiger partial charge in [0.25, 0.3) is 0 Å². The minimum Gasteiger partial charge on any atom is -0.391 e. The SMILES string of the molecule is CN(C(=O)C1CCN(S(=O)(=O)Cc2ccccc2F)CC1)[C@@H]1CCCC[C@@H]1O. The van der Waals surface area contributed by atoms with Gasteiger partial charge in [-0.3, -0.25) is 4.79 Å². The Bertz CT molecular complexity index is 793. The van der Waals surface area contributed by atoms with E-state index in [4.69, 9.17) is 0 Å². The molecule has 1 aliphatic heterocycles. The van der Waals surface area contributed by atoms with E-state index in [9.17, 15) is 22.7 Å². The average molecular weight is 413 g/mol. The molecule has 1 aromatic rings. The Morgan fingerprint density at radius 3 is 2.46 bits per heavy atom. The van der Waals surface area contributed by atoms with Gasteiger partial charge >= 0.3 is 0 Å². The second-order valence-corrected chi connectivity index (χ2v) is 9.86. The van der Waals surface area contributed by atoms with Crippen LogP contribution in [0.25, 0.3) is 0 Å². The fourth-order valence-electron chi connectivity index (χ4n) is 4.28. The van der Waals surface area contributed by atoms with Gasteiger partial charge < -0.3 is 10.0 Å². The number of halogens is 1. The highest BCUT2D eigenvalue weighted by molar-refractivity contribution is 7.88. The molecule has 1 heterocycles. The van der Waals surface area contributed by atoms with E-state index in [0.717, 1.165) is 25.7 Å². The molecule has 8 heteroatoms. The van der Waals surface area contributed by atoms with Gasteiger partial charge in [0.2, 0.25) is 15.9 Å². The van der Waals surface area contributed by atoms with Crippen molar-refractivity contribution in [2.24, 2.45) is 5.92 Å². The highest BCUT2D eigenvalue weighted by Crippen LogP contribution is 2.27. The molecular weight excluding hydrogens is 383 g/mol. The van der Waals surface area contributed by atoms with E-state index in [1.165, 1.54) is 22.5 Å². The molecule has 2 aliphatic rings. The van der Waals surface area contributed by atoms with Crippen molar-refractivity contribution in [3.05, 3.63) is 35.6 Å². The molecule has 156 valence electrons. The summed E-state index contributed by atoms with van der Waals surface area (Å²) >= 11 is 0. The highest BCUT2D eigenvalue weighted by atomic mass is 32.2. The summed E-state index contributed by atoms with van der Waals surface area (Å²) in [5, 5.41) is 10.2. The van der Waals surface area contributed by atoms with Crippen LogP contribution in [-0.2, 0) is 20.6 Å². The summed E-state index contributed by atoms with van der Waals surface area (Å²) in [5.41, 5.74) is 0.159. The number of nitrogens with zero attached hydrogens (tertiary/aromatic N) is 2. The van der Waals surface area contributed by atoms with E-state index in [1.807, 2.05) is 0 Å². The predicted octanol–water partition coefficient (Wildman–Crippen LogP) is 2.13. The first-order valence-electron chi connectivity index (χ1n) is 9.95. The van der Waals surface area contributed by atoms with Crippen LogP contribution >= 0.6 is 0 Å². The zero-order valence-electron chi connectivity index (χ0n) is 16.3. The van der Waals surface area contributed by atoms with Crippen LogP contribution in [0.15, 0.2) is 24.3 Å². The standard InChI is InChI=1S/C20H29FN2O4S/c1-22(18-8-4-5-9-19(18)24)20(25)15-10-12-23(13-11-15)28(26,27)14-16-6-2-3-7-17(16)21/h2-3,6-7,15,18-19,24H,4-5,8-14H2,1H3/t18-,19+/m1/s1. The van der Waals surface area contributed by atoms with Crippen LogP contribution in [0.1, 0.15) is 44.1 Å². The summed E-state index contributed by atoms with van der Waals surface area (Å²) in [4.78, 5) is 14.5. The molecule has 28 heavy (non-hydrogen) atoms. The number of aliphatic hydroxyl groups excluding tert-OH is 1. The number of likely N-dealkylation sites (N-methyl/N-ethyl adjacent to an activating group) is 1. The van der Waals surface area contributed by atoms with Gasteiger partial charge in [-0.1, -0.05) is 31.0 Å². The lowest BCUT2D eigenvalue weighted by Gasteiger charge is -2.38. The number of amides is 1. The molecule has 2 fully saturated rings. The van der Waals surface area contributed by atoms with Gasteiger partial charge in [-0.2, -0.15) is 0 Å². The number of sulfonamides is 1. The summed E-state index contributed by atoms with van der Waals surface area (Å²) in [6.07, 6.45) is 3.92. The third-order valence-corrected chi connectivity index (χ3v) is 7.86. The van der Waals surface area contributed by atoms with E-state index in [0.29, 0.717) is 12.8 Å². The fraction of sp³-hybridized carbons (Fsp3) is 0.650. The van der Waals surface area contributed by atoms with Crippen molar-refractivity contribution >= 4 is 15.9 Å². The number of hydrogen-bond acceptors (Lipinski definition) is 4. The van der Waals surface area contributed by atoms with Gasteiger partial charge in [0, 0.05) is 31.6 Å². The van der Waals surface area contributed by atoms with Gasteiger partial charge in [-0.25, -0.2) is 17.1 Å². The van der Waals surface area contributed by atoms with E-state index >= 15 is 0 Å². The molecule has 2 atom stereocenters. The van der Waals surface area contributed by atoms with E-state index in [-0.39, 0.29) is 42.3 Å². The number of carbonyl (C=O) groups excluding carboxylic acids is 1. The Kier molecular flexibility index (Phi) is 6.73. The highest BCUT2D eigenvalue weighted by Gasteiger charge is 2.36. The summed E-state index contributed by atoms with van der Waals surface area (Å²) < 4.78 is 40.4. The average Bonchev–Trinajstić information content (AvgIpc) is 2.69. The van der Waals surface area contributed by atoms with Gasteiger partial charge in [-0.15, -0.1) is 0 Å². The lowest BCUT2D eigenvalue weighted by molar-refractivity contribution is -0.141. The maximum Gasteiger partial charge on any atom is 0.225 e. The van der Waals surface area contributed by atoms with Crippen molar-refractivity contribution in [2.75, 3.05) is 20.1 Å². The first-order chi connectivity index (χ1) is 13.3. The van der Waals surface area contributed by atoms with Gasteiger partial charge in [-0.05, 0) is 31.7 Å². The lowest BCUT2D eigenvalue weighted by Crippen LogP contribution is -2.50. The molecule has 1 saturated carbocycles. The fourth-order valence-corrected chi connectivity index (χ4v) is 5.86. The zero-order valence-corrected chi connectivity index (χ0v) is 17.1. The molecule has 1 saturated heterocycles. The summed E-state index contributed by atoms with van der Waals surface area (Å²) in [6.45, 7) is 0.516. The van der Waals surface area contributed by atoms with Crippen LogP contribution in [0.2, 0.25) is 0 Å². The van der Waals surface area contributed by atoms with Gasteiger partial charge in [0.1, 0.15) is 5.82 Å². The number of rotatable bonds is 5. The number of benzene rings is 1. The topological polar surface area (TPSA) is 77.9 Å². The molecule has 0 radical (unpaired) electrons. The third kappa shape index (κ3) is 4.72. The molecule has 0 bridgehead atoms. The largest absolute Gasteiger partial charge is 0.391 e. The van der Waals surface area contributed by atoms with Crippen LogP contribution in [0, 0.1) is 11.7 Å². The molecule has 1 N–H and O–H groups in total. The summed E-state index contributed by atoms with van der Waals surface area (Å²) in [5.74, 6) is -1.15. The molecular formula is C20H29FN2O4S. The minimum absolute atomic E-state index is 0.0166. The second-order valence-electron chi connectivity index (χ2n) is 7.89. The Morgan fingerprint density at radius 1 is 1.18 bits per heavy atom. The van der Waals surface area contributed by atoms with Crippen molar-refractivity contribution in [3.8, 4) is 0 Å². The Morgan fingerprint density at radius 2 is 1.82 bits per heavy atom. The van der Waals surface area contributed by atoms with Crippen molar-refractivity contribution in [3.63, 3.8) is 0 Å². The Labute approximate surface area is 166 Å². The first kappa shape index (κ1) is 21.2. The van der Waals surface area contributed by atoms with Crippen molar-refractivity contribution in [2.45, 2.75) is 56.4 Å². The van der Waals surface area contributed by atoms with Gasteiger partial charge in [0.15, 0.2) is 0 Å². The maximum atomic E-state index is 13.8. The smallest absolute Gasteiger partial charge is 0.225 e. The second kappa shape index (κ2) is 8.88. The molecule has 6 nitrogen and oxygen atoms in total. The monoisotopic (exact) mass is 412 g/mol.